The van der Waals surface area contributed by atoms with Crippen molar-refractivity contribution in [1.82, 2.24) is 5.32 Å². The zero-order chi connectivity index (χ0) is 14.3. The maximum atomic E-state index is 12.7. The van der Waals surface area contributed by atoms with Gasteiger partial charge in [-0.2, -0.15) is 13.2 Å². The number of para-hydroxylation sites is 1. The van der Waals surface area contributed by atoms with E-state index in [1.807, 2.05) is 6.92 Å². The molecule has 1 aromatic rings. The Morgan fingerprint density at radius 2 is 2.00 bits per heavy atom. The highest BCUT2D eigenvalue weighted by Crippen LogP contribution is 2.35. The largest absolute Gasteiger partial charge is 0.491 e. The zero-order valence-electron chi connectivity index (χ0n) is 10.7. The Bertz CT molecular complexity index is 376. The van der Waals surface area contributed by atoms with Crippen LogP contribution in [0.15, 0.2) is 24.3 Å². The molecule has 0 aliphatic rings. The molecule has 0 saturated carbocycles. The smallest absolute Gasteiger partial charge is 0.419 e. The SMILES string of the molecule is CCNC(CCO)COc1ccccc1C(F)(F)F. The van der Waals surface area contributed by atoms with E-state index in [0.717, 1.165) is 6.07 Å². The molecule has 1 aromatic carbocycles. The van der Waals surface area contributed by atoms with Gasteiger partial charge in [-0.05, 0) is 25.1 Å². The molecule has 0 bridgehead atoms. The third-order valence-corrected chi connectivity index (χ3v) is 2.60. The Balaban J connectivity index is 2.71. The van der Waals surface area contributed by atoms with Crippen molar-refractivity contribution in [3.05, 3.63) is 29.8 Å². The normalized spacial score (nSPS) is 13.3. The Labute approximate surface area is 110 Å². The van der Waals surface area contributed by atoms with E-state index in [9.17, 15) is 13.2 Å². The van der Waals surface area contributed by atoms with Crippen LogP contribution in [0.3, 0.4) is 0 Å². The van der Waals surface area contributed by atoms with Crippen molar-refractivity contribution < 1.29 is 23.0 Å². The number of hydrogen-bond acceptors (Lipinski definition) is 3. The third kappa shape index (κ3) is 5.08. The van der Waals surface area contributed by atoms with Crippen molar-refractivity contribution in [2.24, 2.45) is 0 Å². The lowest BCUT2D eigenvalue weighted by molar-refractivity contribution is -0.139. The fourth-order valence-electron chi connectivity index (χ4n) is 1.71. The van der Waals surface area contributed by atoms with Gasteiger partial charge in [0.05, 0.1) is 5.56 Å². The lowest BCUT2D eigenvalue weighted by atomic mass is 10.2. The molecule has 2 N–H and O–H groups in total. The van der Waals surface area contributed by atoms with Gasteiger partial charge in [0.1, 0.15) is 12.4 Å². The number of aliphatic hydroxyl groups excluding tert-OH is 1. The molecular weight excluding hydrogens is 259 g/mol. The molecule has 1 rings (SSSR count). The summed E-state index contributed by atoms with van der Waals surface area (Å²) in [7, 11) is 0. The summed E-state index contributed by atoms with van der Waals surface area (Å²) in [5.41, 5.74) is -0.783. The van der Waals surface area contributed by atoms with E-state index in [0.29, 0.717) is 13.0 Å². The summed E-state index contributed by atoms with van der Waals surface area (Å²) in [4.78, 5) is 0. The number of nitrogens with one attached hydrogen (secondary N) is 1. The molecule has 19 heavy (non-hydrogen) atoms. The van der Waals surface area contributed by atoms with Crippen LogP contribution in [0.5, 0.6) is 5.75 Å². The average Bonchev–Trinajstić information content (AvgIpc) is 2.36. The highest BCUT2D eigenvalue weighted by Gasteiger charge is 2.34. The summed E-state index contributed by atoms with van der Waals surface area (Å²) in [5.74, 6) is -0.184. The lowest BCUT2D eigenvalue weighted by Crippen LogP contribution is -2.35. The van der Waals surface area contributed by atoms with Gasteiger partial charge >= 0.3 is 6.18 Å². The van der Waals surface area contributed by atoms with E-state index in [-0.39, 0.29) is 25.0 Å². The van der Waals surface area contributed by atoms with E-state index in [1.54, 1.807) is 0 Å². The molecule has 0 aliphatic carbocycles. The molecule has 0 fully saturated rings. The second kappa shape index (κ2) is 7.35. The van der Waals surface area contributed by atoms with Gasteiger partial charge in [0.15, 0.2) is 0 Å². The van der Waals surface area contributed by atoms with Crippen LogP contribution >= 0.6 is 0 Å². The molecule has 108 valence electrons. The average molecular weight is 277 g/mol. The Morgan fingerprint density at radius 1 is 1.32 bits per heavy atom. The predicted octanol–water partition coefficient (Wildman–Crippen LogP) is 2.44. The van der Waals surface area contributed by atoms with Gasteiger partial charge < -0.3 is 15.2 Å². The first-order valence-corrected chi connectivity index (χ1v) is 6.12. The number of benzene rings is 1. The molecule has 0 aromatic heterocycles. The quantitative estimate of drug-likeness (QED) is 0.804. The van der Waals surface area contributed by atoms with Crippen molar-refractivity contribution in [1.29, 1.82) is 0 Å². The van der Waals surface area contributed by atoms with Crippen molar-refractivity contribution in [2.45, 2.75) is 25.6 Å². The molecular formula is C13H18F3NO2. The van der Waals surface area contributed by atoms with Gasteiger partial charge in [-0.3, -0.25) is 0 Å². The Kier molecular flexibility index (Phi) is 6.11. The number of ether oxygens (including phenoxy) is 1. The third-order valence-electron chi connectivity index (χ3n) is 2.60. The zero-order valence-corrected chi connectivity index (χ0v) is 10.7. The van der Waals surface area contributed by atoms with Crippen molar-refractivity contribution in [3.8, 4) is 5.75 Å². The summed E-state index contributed by atoms with van der Waals surface area (Å²) in [6.45, 7) is 2.59. The topological polar surface area (TPSA) is 41.5 Å². The highest BCUT2D eigenvalue weighted by molar-refractivity contribution is 5.35. The second-order valence-electron chi connectivity index (χ2n) is 4.07. The first-order valence-electron chi connectivity index (χ1n) is 6.12. The monoisotopic (exact) mass is 277 g/mol. The summed E-state index contributed by atoms with van der Waals surface area (Å²) in [6.07, 6.45) is -4.00. The molecule has 0 amide bonds. The van der Waals surface area contributed by atoms with Gasteiger partial charge in [-0.15, -0.1) is 0 Å². The molecule has 0 heterocycles. The van der Waals surface area contributed by atoms with Crippen LogP contribution in [0.1, 0.15) is 18.9 Å². The summed E-state index contributed by atoms with van der Waals surface area (Å²) < 4.78 is 43.4. The van der Waals surface area contributed by atoms with Crippen LogP contribution in [-0.2, 0) is 6.18 Å². The number of aliphatic hydroxyl groups is 1. The Hall–Kier alpha value is -1.27. The maximum Gasteiger partial charge on any atom is 0.419 e. The fraction of sp³-hybridized carbons (Fsp3) is 0.538. The van der Waals surface area contributed by atoms with Gasteiger partial charge in [0.25, 0.3) is 0 Å². The van der Waals surface area contributed by atoms with Crippen LogP contribution in [0.25, 0.3) is 0 Å². The fourth-order valence-corrected chi connectivity index (χ4v) is 1.71. The van der Waals surface area contributed by atoms with E-state index in [4.69, 9.17) is 9.84 Å². The van der Waals surface area contributed by atoms with Crippen molar-refractivity contribution in [2.75, 3.05) is 19.8 Å². The minimum absolute atomic E-state index is 0.0397. The van der Waals surface area contributed by atoms with Crippen LogP contribution in [0, 0.1) is 0 Å². The minimum atomic E-state index is -4.43. The summed E-state index contributed by atoms with van der Waals surface area (Å²) >= 11 is 0. The van der Waals surface area contributed by atoms with E-state index >= 15 is 0 Å². The van der Waals surface area contributed by atoms with Crippen LogP contribution in [0.2, 0.25) is 0 Å². The van der Waals surface area contributed by atoms with Gasteiger partial charge in [0.2, 0.25) is 0 Å². The van der Waals surface area contributed by atoms with Gasteiger partial charge in [-0.25, -0.2) is 0 Å². The first-order chi connectivity index (χ1) is 8.99. The van der Waals surface area contributed by atoms with Crippen LogP contribution in [-0.4, -0.2) is 30.9 Å². The number of halogens is 3. The van der Waals surface area contributed by atoms with E-state index in [2.05, 4.69) is 5.32 Å². The molecule has 3 nitrogen and oxygen atoms in total. The van der Waals surface area contributed by atoms with Crippen molar-refractivity contribution in [3.63, 3.8) is 0 Å². The lowest BCUT2D eigenvalue weighted by Gasteiger charge is -2.19. The summed E-state index contributed by atoms with van der Waals surface area (Å²) in [6, 6.07) is 4.94. The molecule has 0 radical (unpaired) electrons. The van der Waals surface area contributed by atoms with Gasteiger partial charge in [0, 0.05) is 12.6 Å². The predicted molar refractivity (Wildman–Crippen MR) is 66.1 cm³/mol. The highest BCUT2D eigenvalue weighted by atomic mass is 19.4. The Morgan fingerprint density at radius 3 is 2.58 bits per heavy atom. The number of rotatable bonds is 7. The number of hydrogen-bond donors (Lipinski definition) is 2. The summed E-state index contributed by atoms with van der Waals surface area (Å²) in [5, 5.41) is 11.9. The minimum Gasteiger partial charge on any atom is -0.491 e. The molecule has 0 spiro atoms. The van der Waals surface area contributed by atoms with Crippen molar-refractivity contribution >= 4 is 0 Å². The van der Waals surface area contributed by atoms with Gasteiger partial charge in [-0.1, -0.05) is 19.1 Å². The molecule has 0 aliphatic heterocycles. The molecule has 6 heteroatoms. The second-order valence-corrected chi connectivity index (χ2v) is 4.07. The van der Waals surface area contributed by atoms with Crippen LogP contribution < -0.4 is 10.1 Å². The number of alkyl halides is 3. The first kappa shape index (κ1) is 15.8. The number of likely N-dealkylation sites (N-methyl/N-ethyl adjacent to an activating group) is 1. The molecule has 1 unspecified atom stereocenters. The van der Waals surface area contributed by atoms with Crippen LogP contribution in [0.4, 0.5) is 13.2 Å². The van der Waals surface area contributed by atoms with E-state index < -0.39 is 11.7 Å². The standard InChI is InChI=1S/C13H18F3NO2/c1-2-17-10(7-8-18)9-19-12-6-4-3-5-11(12)13(14,15)16/h3-6,10,17-18H,2,7-9H2,1H3. The molecule has 1 atom stereocenters. The van der Waals surface area contributed by atoms with E-state index in [1.165, 1.54) is 18.2 Å². The molecule has 0 saturated heterocycles. The maximum absolute atomic E-state index is 12.7.